The number of halogens is 3. The van der Waals surface area contributed by atoms with Gasteiger partial charge in [0.1, 0.15) is 0 Å². The van der Waals surface area contributed by atoms with Crippen molar-refractivity contribution in [3.8, 4) is 0 Å². The van der Waals surface area contributed by atoms with E-state index in [2.05, 4.69) is 15.3 Å². The van der Waals surface area contributed by atoms with Crippen molar-refractivity contribution < 1.29 is 13.2 Å². The van der Waals surface area contributed by atoms with Gasteiger partial charge in [-0.15, -0.1) is 0 Å². The topological polar surface area (TPSA) is 41.1 Å². The van der Waals surface area contributed by atoms with Gasteiger partial charge in [-0.3, -0.25) is 0 Å². The number of nitrogens with one attached hydrogen (secondary N) is 1. The summed E-state index contributed by atoms with van der Waals surface area (Å²) in [6.45, 7) is 2.67. The Morgan fingerprint density at radius 3 is 2.28 bits per heavy atom. The predicted octanol–water partition coefficient (Wildman–Crippen LogP) is 1.93. The minimum atomic E-state index is -4.39. The van der Waals surface area contributed by atoms with Crippen LogP contribution in [0.1, 0.15) is 18.9 Å². The molecule has 1 atom stereocenters. The third-order valence-corrected chi connectivity index (χ3v) is 2.70. The fraction of sp³-hybridized carbons (Fsp3) is 0.636. The van der Waals surface area contributed by atoms with Crippen LogP contribution in [-0.2, 0) is 6.18 Å². The summed E-state index contributed by atoms with van der Waals surface area (Å²) in [4.78, 5) is 9.19. The zero-order valence-electron chi connectivity index (χ0n) is 10.6. The van der Waals surface area contributed by atoms with E-state index in [1.165, 1.54) is 0 Å². The first kappa shape index (κ1) is 14.7. The molecular formula is C11H17F3N4. The van der Waals surface area contributed by atoms with E-state index in [0.29, 0.717) is 6.54 Å². The van der Waals surface area contributed by atoms with Crippen molar-refractivity contribution in [1.82, 2.24) is 15.3 Å². The van der Waals surface area contributed by atoms with Crippen molar-refractivity contribution in [3.63, 3.8) is 0 Å². The average Bonchev–Trinajstić information content (AvgIpc) is 2.34. The van der Waals surface area contributed by atoms with Gasteiger partial charge in [-0.05, 0) is 13.5 Å². The van der Waals surface area contributed by atoms with Gasteiger partial charge in [-0.2, -0.15) is 13.2 Å². The smallest absolute Gasteiger partial charge is 0.342 e. The molecule has 0 saturated heterocycles. The highest BCUT2D eigenvalue weighted by Gasteiger charge is 2.31. The van der Waals surface area contributed by atoms with Crippen LogP contribution >= 0.6 is 0 Å². The quantitative estimate of drug-likeness (QED) is 0.880. The first-order valence-electron chi connectivity index (χ1n) is 5.66. The summed E-state index contributed by atoms with van der Waals surface area (Å²) in [7, 11) is 3.60. The first-order chi connectivity index (χ1) is 8.38. The van der Waals surface area contributed by atoms with E-state index >= 15 is 0 Å². The summed E-state index contributed by atoms with van der Waals surface area (Å²) >= 11 is 0. The van der Waals surface area contributed by atoms with Crippen LogP contribution in [0, 0.1) is 0 Å². The predicted molar refractivity (Wildman–Crippen MR) is 63.4 cm³/mol. The van der Waals surface area contributed by atoms with Crippen LogP contribution in [-0.4, -0.2) is 36.6 Å². The number of hydrogen-bond acceptors (Lipinski definition) is 4. The molecule has 1 aromatic rings. The number of alkyl halides is 3. The Bertz CT molecular complexity index is 360. The average molecular weight is 262 g/mol. The third kappa shape index (κ3) is 3.83. The van der Waals surface area contributed by atoms with Crippen LogP contribution in [0.4, 0.5) is 19.1 Å². The molecular weight excluding hydrogens is 245 g/mol. The zero-order valence-corrected chi connectivity index (χ0v) is 10.6. The maximum atomic E-state index is 12.3. The molecule has 0 bridgehead atoms. The molecule has 0 saturated carbocycles. The molecule has 0 aliphatic carbocycles. The highest BCUT2D eigenvalue weighted by Crippen LogP contribution is 2.28. The molecule has 0 aliphatic rings. The lowest BCUT2D eigenvalue weighted by atomic mass is 10.2. The molecule has 1 aromatic heterocycles. The number of hydrogen-bond donors (Lipinski definition) is 1. The summed E-state index contributed by atoms with van der Waals surface area (Å²) < 4.78 is 37.0. The normalized spacial score (nSPS) is 13.4. The summed E-state index contributed by atoms with van der Waals surface area (Å²) in [5, 5.41) is 3.11. The van der Waals surface area contributed by atoms with Crippen LogP contribution < -0.4 is 10.2 Å². The van der Waals surface area contributed by atoms with Gasteiger partial charge in [0.15, 0.2) is 0 Å². The van der Waals surface area contributed by atoms with Gasteiger partial charge in [-0.25, -0.2) is 9.97 Å². The molecule has 1 rings (SSSR count). The molecule has 1 heterocycles. The number of likely N-dealkylation sites (N-methyl/N-ethyl adjacent to an activating group) is 2. The molecule has 0 aromatic carbocycles. The lowest BCUT2D eigenvalue weighted by molar-refractivity contribution is -0.138. The molecule has 0 fully saturated rings. The minimum absolute atomic E-state index is 0.251. The summed E-state index contributed by atoms with van der Waals surface area (Å²) in [6.07, 6.45) is -1.87. The third-order valence-electron chi connectivity index (χ3n) is 2.70. The Hall–Kier alpha value is -1.37. The van der Waals surface area contributed by atoms with Crippen LogP contribution in [0.15, 0.2) is 12.4 Å². The minimum Gasteiger partial charge on any atom is -0.342 e. The maximum absolute atomic E-state index is 12.3. The van der Waals surface area contributed by atoms with Crippen molar-refractivity contribution in [2.75, 3.05) is 25.5 Å². The lowest BCUT2D eigenvalue weighted by Crippen LogP contribution is -2.37. The fourth-order valence-electron chi connectivity index (χ4n) is 1.50. The van der Waals surface area contributed by atoms with Gasteiger partial charge >= 0.3 is 6.18 Å². The van der Waals surface area contributed by atoms with Gasteiger partial charge in [0.25, 0.3) is 0 Å². The van der Waals surface area contributed by atoms with Crippen LogP contribution in [0.3, 0.4) is 0 Å². The van der Waals surface area contributed by atoms with Crippen LogP contribution in [0.2, 0.25) is 0 Å². The second-order valence-corrected chi connectivity index (χ2v) is 4.04. The van der Waals surface area contributed by atoms with Crippen molar-refractivity contribution in [3.05, 3.63) is 18.0 Å². The van der Waals surface area contributed by atoms with Gasteiger partial charge in [0.2, 0.25) is 5.95 Å². The molecule has 1 unspecified atom stereocenters. The largest absolute Gasteiger partial charge is 0.419 e. The van der Waals surface area contributed by atoms with Crippen molar-refractivity contribution >= 4 is 5.95 Å². The van der Waals surface area contributed by atoms with E-state index in [1.54, 1.807) is 11.9 Å². The molecule has 0 radical (unpaired) electrons. The number of nitrogens with zero attached hydrogens (tertiary/aromatic N) is 3. The van der Waals surface area contributed by atoms with E-state index < -0.39 is 11.7 Å². The Labute approximate surface area is 104 Å². The highest BCUT2D eigenvalue weighted by molar-refractivity contribution is 5.29. The first-order valence-corrected chi connectivity index (χ1v) is 5.66. The molecule has 4 nitrogen and oxygen atoms in total. The Morgan fingerprint density at radius 1 is 1.33 bits per heavy atom. The molecule has 1 N–H and O–H groups in total. The molecule has 7 heteroatoms. The number of rotatable bonds is 5. The molecule has 18 heavy (non-hydrogen) atoms. The maximum Gasteiger partial charge on any atom is 0.419 e. The Kier molecular flexibility index (Phi) is 4.89. The van der Waals surface area contributed by atoms with Gasteiger partial charge in [-0.1, -0.05) is 6.92 Å². The second-order valence-electron chi connectivity index (χ2n) is 4.04. The summed E-state index contributed by atoms with van der Waals surface area (Å²) in [6, 6.07) is 0.251. The number of anilines is 1. The van der Waals surface area contributed by atoms with Gasteiger partial charge in [0, 0.05) is 32.0 Å². The van der Waals surface area contributed by atoms with E-state index in [0.717, 1.165) is 18.8 Å². The molecule has 0 spiro atoms. The molecule has 0 aliphatic heterocycles. The lowest BCUT2D eigenvalue weighted by Gasteiger charge is -2.23. The Morgan fingerprint density at radius 2 is 1.89 bits per heavy atom. The van der Waals surface area contributed by atoms with Crippen molar-refractivity contribution in [2.45, 2.75) is 25.6 Å². The van der Waals surface area contributed by atoms with E-state index in [1.807, 2.05) is 14.0 Å². The molecule has 102 valence electrons. The van der Waals surface area contributed by atoms with Gasteiger partial charge < -0.3 is 10.2 Å². The van der Waals surface area contributed by atoms with Crippen LogP contribution in [0.25, 0.3) is 0 Å². The number of aromatic nitrogens is 2. The summed E-state index contributed by atoms with van der Waals surface area (Å²) in [5.74, 6) is 0.289. The second kappa shape index (κ2) is 5.99. The van der Waals surface area contributed by atoms with E-state index in [9.17, 15) is 13.2 Å². The van der Waals surface area contributed by atoms with Gasteiger partial charge in [0.05, 0.1) is 5.56 Å². The Balaban J connectivity index is 2.73. The van der Waals surface area contributed by atoms with E-state index in [-0.39, 0.29) is 12.0 Å². The molecule has 0 amide bonds. The highest BCUT2D eigenvalue weighted by atomic mass is 19.4. The van der Waals surface area contributed by atoms with Crippen LogP contribution in [0.5, 0.6) is 0 Å². The van der Waals surface area contributed by atoms with E-state index in [4.69, 9.17) is 0 Å². The fourth-order valence-corrected chi connectivity index (χ4v) is 1.50. The standard InChI is InChI=1S/C11H17F3N4/c1-4-9(15-2)7-18(3)10-16-5-8(6-17-10)11(12,13)14/h5-6,9,15H,4,7H2,1-3H3. The monoisotopic (exact) mass is 262 g/mol. The van der Waals surface area contributed by atoms with Crippen molar-refractivity contribution in [1.29, 1.82) is 0 Å². The zero-order chi connectivity index (χ0) is 13.8. The van der Waals surface area contributed by atoms with Crippen molar-refractivity contribution in [2.24, 2.45) is 0 Å². The summed E-state index contributed by atoms with van der Waals surface area (Å²) in [5.41, 5.74) is -0.833. The SMILES string of the molecule is CCC(CN(C)c1ncc(C(F)(F)F)cn1)NC.